The molecule has 7 nitrogen and oxygen atoms in total. The topological polar surface area (TPSA) is 81.8 Å². The van der Waals surface area contributed by atoms with Gasteiger partial charge in [-0.25, -0.2) is 0 Å². The van der Waals surface area contributed by atoms with E-state index in [9.17, 15) is 13.2 Å². The van der Waals surface area contributed by atoms with Gasteiger partial charge in [-0.05, 0) is 12.8 Å². The fourth-order valence-corrected chi connectivity index (χ4v) is 3.78. The number of nitrogens with zero attached hydrogens (tertiary/aromatic N) is 2. The number of piperazine rings is 1. The van der Waals surface area contributed by atoms with Crippen LogP contribution in [-0.4, -0.2) is 69.3 Å². The summed E-state index contributed by atoms with van der Waals surface area (Å²) in [6.07, 6.45) is 3.94. The molecule has 0 radical (unpaired) electrons. The van der Waals surface area contributed by atoms with E-state index in [0.29, 0.717) is 26.2 Å². The summed E-state index contributed by atoms with van der Waals surface area (Å²) < 4.78 is 28.2. The molecule has 0 bridgehead atoms. The summed E-state index contributed by atoms with van der Waals surface area (Å²) >= 11 is 0. The predicted octanol–water partition coefficient (Wildman–Crippen LogP) is -0.871. The van der Waals surface area contributed by atoms with Crippen LogP contribution in [0.3, 0.4) is 0 Å². The number of amides is 1. The first kappa shape index (κ1) is 15.7. The summed E-state index contributed by atoms with van der Waals surface area (Å²) in [4.78, 5) is 13.6. The SMILES string of the molecule is O=C(CNS(=O)(=O)N1CCCCCC1)N1CCNCC1. The second-order valence-corrected chi connectivity index (χ2v) is 7.03. The van der Waals surface area contributed by atoms with Gasteiger partial charge in [0.2, 0.25) is 5.91 Å². The van der Waals surface area contributed by atoms with Crippen molar-refractivity contribution < 1.29 is 13.2 Å². The fourth-order valence-electron chi connectivity index (χ4n) is 2.55. The van der Waals surface area contributed by atoms with Gasteiger partial charge in [0, 0.05) is 39.3 Å². The third-order valence-corrected chi connectivity index (χ3v) is 5.33. The molecule has 2 saturated heterocycles. The van der Waals surface area contributed by atoms with Crippen LogP contribution in [0.15, 0.2) is 0 Å². The van der Waals surface area contributed by atoms with Crippen molar-refractivity contribution in [2.24, 2.45) is 0 Å². The van der Waals surface area contributed by atoms with Gasteiger partial charge in [0.25, 0.3) is 10.2 Å². The van der Waals surface area contributed by atoms with Gasteiger partial charge in [0.15, 0.2) is 0 Å². The van der Waals surface area contributed by atoms with Crippen LogP contribution in [0.25, 0.3) is 0 Å². The Hall–Kier alpha value is -0.700. The number of nitrogens with one attached hydrogen (secondary N) is 2. The smallest absolute Gasteiger partial charge is 0.279 e. The van der Waals surface area contributed by atoms with E-state index in [4.69, 9.17) is 0 Å². The molecule has 2 N–H and O–H groups in total. The lowest BCUT2D eigenvalue weighted by Gasteiger charge is -2.28. The van der Waals surface area contributed by atoms with E-state index in [2.05, 4.69) is 10.0 Å². The highest BCUT2D eigenvalue weighted by molar-refractivity contribution is 7.87. The van der Waals surface area contributed by atoms with E-state index >= 15 is 0 Å². The second-order valence-electron chi connectivity index (χ2n) is 5.27. The van der Waals surface area contributed by atoms with Gasteiger partial charge in [-0.3, -0.25) is 4.79 Å². The Morgan fingerprint density at radius 2 is 1.60 bits per heavy atom. The van der Waals surface area contributed by atoms with Crippen LogP contribution in [0.2, 0.25) is 0 Å². The van der Waals surface area contributed by atoms with Gasteiger partial charge in [-0.15, -0.1) is 0 Å². The molecule has 2 aliphatic rings. The molecule has 0 aliphatic carbocycles. The normalized spacial score (nSPS) is 22.5. The molecule has 2 heterocycles. The average molecular weight is 304 g/mol. The number of carbonyl (C=O) groups excluding carboxylic acids is 1. The predicted molar refractivity (Wildman–Crippen MR) is 76.4 cm³/mol. The Balaban J connectivity index is 1.83. The monoisotopic (exact) mass is 304 g/mol. The quantitative estimate of drug-likeness (QED) is 0.707. The maximum atomic E-state index is 12.2. The minimum atomic E-state index is -3.52. The molecule has 0 atom stereocenters. The molecular formula is C12H24N4O3S. The highest BCUT2D eigenvalue weighted by Crippen LogP contribution is 2.12. The van der Waals surface area contributed by atoms with Crippen molar-refractivity contribution in [1.82, 2.24) is 19.2 Å². The second kappa shape index (κ2) is 7.35. The zero-order valence-electron chi connectivity index (χ0n) is 11.8. The van der Waals surface area contributed by atoms with Gasteiger partial charge in [0.1, 0.15) is 0 Å². The first-order valence-electron chi connectivity index (χ1n) is 7.33. The molecule has 116 valence electrons. The molecule has 0 aromatic carbocycles. The standard InChI is InChI=1S/C12H24N4O3S/c17-12(15-9-5-13-6-10-15)11-14-20(18,19)16-7-3-1-2-4-8-16/h13-14H,1-11H2. The third kappa shape index (κ3) is 4.41. The van der Waals surface area contributed by atoms with Gasteiger partial charge in [0.05, 0.1) is 6.54 Å². The lowest BCUT2D eigenvalue weighted by atomic mass is 10.2. The molecule has 20 heavy (non-hydrogen) atoms. The molecule has 0 unspecified atom stereocenters. The molecule has 0 spiro atoms. The van der Waals surface area contributed by atoms with Gasteiger partial charge < -0.3 is 10.2 Å². The van der Waals surface area contributed by atoms with Crippen molar-refractivity contribution >= 4 is 16.1 Å². The lowest BCUT2D eigenvalue weighted by molar-refractivity contribution is -0.130. The molecule has 2 aliphatic heterocycles. The maximum Gasteiger partial charge on any atom is 0.279 e. The molecule has 0 aromatic rings. The average Bonchev–Trinajstić information content (AvgIpc) is 2.75. The highest BCUT2D eigenvalue weighted by Gasteiger charge is 2.24. The van der Waals surface area contributed by atoms with Gasteiger partial charge >= 0.3 is 0 Å². The Morgan fingerprint density at radius 1 is 1.00 bits per heavy atom. The number of hydrogen-bond acceptors (Lipinski definition) is 4. The molecule has 2 rings (SSSR count). The van der Waals surface area contributed by atoms with Crippen molar-refractivity contribution in [2.75, 3.05) is 45.8 Å². The van der Waals surface area contributed by atoms with Crippen LogP contribution in [0, 0.1) is 0 Å². The summed E-state index contributed by atoms with van der Waals surface area (Å²) in [6, 6.07) is 0. The van der Waals surface area contributed by atoms with Crippen molar-refractivity contribution in [3.63, 3.8) is 0 Å². The zero-order valence-corrected chi connectivity index (χ0v) is 12.6. The summed E-state index contributed by atoms with van der Waals surface area (Å²) in [6.45, 7) is 3.79. The highest BCUT2D eigenvalue weighted by atomic mass is 32.2. The maximum absolute atomic E-state index is 12.2. The Morgan fingerprint density at radius 3 is 2.20 bits per heavy atom. The minimum absolute atomic E-state index is 0.140. The van der Waals surface area contributed by atoms with E-state index in [-0.39, 0.29) is 12.5 Å². The van der Waals surface area contributed by atoms with E-state index in [1.54, 1.807) is 4.90 Å². The van der Waals surface area contributed by atoms with E-state index in [1.807, 2.05) is 0 Å². The van der Waals surface area contributed by atoms with Crippen LogP contribution < -0.4 is 10.0 Å². The fraction of sp³-hybridized carbons (Fsp3) is 0.917. The molecule has 1 amide bonds. The summed E-state index contributed by atoms with van der Waals surface area (Å²) in [5, 5.41) is 3.16. The van der Waals surface area contributed by atoms with Crippen molar-refractivity contribution in [3.8, 4) is 0 Å². The first-order valence-corrected chi connectivity index (χ1v) is 8.77. The molecular weight excluding hydrogens is 280 g/mol. The van der Waals surface area contributed by atoms with Crippen LogP contribution in [0.4, 0.5) is 0 Å². The summed E-state index contributed by atoms with van der Waals surface area (Å²) in [5.74, 6) is -0.148. The van der Waals surface area contributed by atoms with Crippen LogP contribution in [0.1, 0.15) is 25.7 Å². The summed E-state index contributed by atoms with van der Waals surface area (Å²) in [7, 11) is -3.52. The Kier molecular flexibility index (Phi) is 5.76. The van der Waals surface area contributed by atoms with Gasteiger partial charge in [-0.2, -0.15) is 17.4 Å². The minimum Gasteiger partial charge on any atom is -0.339 e. The zero-order chi connectivity index (χ0) is 14.4. The van der Waals surface area contributed by atoms with Crippen LogP contribution >= 0.6 is 0 Å². The Labute approximate surface area is 120 Å². The number of carbonyl (C=O) groups is 1. The molecule has 8 heteroatoms. The number of rotatable bonds is 4. The molecule has 0 saturated carbocycles. The largest absolute Gasteiger partial charge is 0.339 e. The van der Waals surface area contributed by atoms with E-state index in [0.717, 1.165) is 38.8 Å². The molecule has 0 aromatic heterocycles. The van der Waals surface area contributed by atoms with Gasteiger partial charge in [-0.1, -0.05) is 12.8 Å². The van der Waals surface area contributed by atoms with Crippen LogP contribution in [0.5, 0.6) is 0 Å². The third-order valence-electron chi connectivity index (χ3n) is 3.78. The first-order chi connectivity index (χ1) is 9.59. The molecule has 2 fully saturated rings. The lowest BCUT2D eigenvalue weighted by Crippen LogP contribution is -2.51. The van der Waals surface area contributed by atoms with E-state index < -0.39 is 10.2 Å². The van der Waals surface area contributed by atoms with Crippen molar-refractivity contribution in [1.29, 1.82) is 0 Å². The summed E-state index contributed by atoms with van der Waals surface area (Å²) in [5.41, 5.74) is 0. The van der Waals surface area contributed by atoms with Crippen molar-refractivity contribution in [2.45, 2.75) is 25.7 Å². The van der Waals surface area contributed by atoms with Crippen molar-refractivity contribution in [3.05, 3.63) is 0 Å². The Bertz CT molecular complexity index is 412. The van der Waals surface area contributed by atoms with Crippen LogP contribution in [-0.2, 0) is 15.0 Å². The number of hydrogen-bond donors (Lipinski definition) is 2. The van der Waals surface area contributed by atoms with E-state index in [1.165, 1.54) is 4.31 Å².